The Kier molecular flexibility index (Phi) is 4.27. The van der Waals surface area contributed by atoms with E-state index in [0.717, 1.165) is 5.56 Å². The Balaban J connectivity index is 2.24. The SMILES string of the molecule is CC1CNCCN(Cc2ccccc2Cl)S1(=O)=O. The second-order valence-electron chi connectivity index (χ2n) is 4.48. The Hall–Kier alpha value is -0.620. The molecule has 18 heavy (non-hydrogen) atoms. The minimum Gasteiger partial charge on any atom is -0.314 e. The summed E-state index contributed by atoms with van der Waals surface area (Å²) >= 11 is 6.08. The second kappa shape index (κ2) is 5.57. The fourth-order valence-corrected chi connectivity index (χ4v) is 3.68. The van der Waals surface area contributed by atoms with Gasteiger partial charge in [0.25, 0.3) is 0 Å². The first-order valence-electron chi connectivity index (χ1n) is 5.95. The molecule has 0 radical (unpaired) electrons. The Bertz CT molecular complexity index is 519. The van der Waals surface area contributed by atoms with E-state index < -0.39 is 15.3 Å². The molecule has 1 fully saturated rings. The smallest absolute Gasteiger partial charge is 0.218 e. The first-order chi connectivity index (χ1) is 8.51. The van der Waals surface area contributed by atoms with E-state index in [2.05, 4.69) is 5.32 Å². The molecular formula is C12H17ClN2O2S. The number of hydrogen-bond acceptors (Lipinski definition) is 3. The molecule has 1 aromatic carbocycles. The molecule has 0 bridgehead atoms. The summed E-state index contributed by atoms with van der Waals surface area (Å²) in [6.07, 6.45) is 0. The largest absolute Gasteiger partial charge is 0.314 e. The van der Waals surface area contributed by atoms with Gasteiger partial charge in [-0.25, -0.2) is 8.42 Å². The van der Waals surface area contributed by atoms with Crippen LogP contribution in [0.5, 0.6) is 0 Å². The maximum absolute atomic E-state index is 12.3. The monoisotopic (exact) mass is 288 g/mol. The van der Waals surface area contributed by atoms with Gasteiger partial charge in [-0.15, -0.1) is 0 Å². The van der Waals surface area contributed by atoms with Crippen LogP contribution in [0.25, 0.3) is 0 Å². The number of hydrogen-bond donors (Lipinski definition) is 1. The van der Waals surface area contributed by atoms with Crippen LogP contribution in [0, 0.1) is 0 Å². The van der Waals surface area contributed by atoms with Crippen molar-refractivity contribution in [3.05, 3.63) is 34.9 Å². The molecule has 1 aliphatic rings. The van der Waals surface area contributed by atoms with Crippen molar-refractivity contribution in [3.63, 3.8) is 0 Å². The van der Waals surface area contributed by atoms with Crippen LogP contribution in [0.3, 0.4) is 0 Å². The van der Waals surface area contributed by atoms with Crippen molar-refractivity contribution in [2.24, 2.45) is 0 Å². The van der Waals surface area contributed by atoms with E-state index in [1.54, 1.807) is 13.0 Å². The molecule has 0 spiro atoms. The van der Waals surface area contributed by atoms with Crippen LogP contribution in [0.1, 0.15) is 12.5 Å². The molecule has 1 N–H and O–H groups in total. The van der Waals surface area contributed by atoms with Gasteiger partial charge in [0.05, 0.1) is 5.25 Å². The fraction of sp³-hybridized carbons (Fsp3) is 0.500. The Morgan fingerprint density at radius 3 is 2.89 bits per heavy atom. The van der Waals surface area contributed by atoms with Crippen molar-refractivity contribution in [2.75, 3.05) is 19.6 Å². The van der Waals surface area contributed by atoms with Gasteiger partial charge >= 0.3 is 0 Å². The number of benzene rings is 1. The Morgan fingerprint density at radius 1 is 1.44 bits per heavy atom. The van der Waals surface area contributed by atoms with Crippen molar-refractivity contribution in [3.8, 4) is 0 Å². The molecule has 1 unspecified atom stereocenters. The third-order valence-corrected chi connectivity index (χ3v) is 5.73. The minimum atomic E-state index is -3.24. The zero-order chi connectivity index (χ0) is 13.2. The molecule has 0 saturated carbocycles. The maximum atomic E-state index is 12.3. The van der Waals surface area contributed by atoms with E-state index >= 15 is 0 Å². The highest BCUT2D eigenvalue weighted by molar-refractivity contribution is 7.89. The molecule has 0 amide bonds. The van der Waals surface area contributed by atoms with Gasteiger partial charge in [0.1, 0.15) is 0 Å². The van der Waals surface area contributed by atoms with Crippen LogP contribution in [-0.4, -0.2) is 37.6 Å². The molecule has 1 saturated heterocycles. The minimum absolute atomic E-state index is 0.341. The summed E-state index contributed by atoms with van der Waals surface area (Å²) in [4.78, 5) is 0. The normalized spacial score (nSPS) is 24.7. The third-order valence-electron chi connectivity index (χ3n) is 3.14. The molecule has 1 aliphatic heterocycles. The van der Waals surface area contributed by atoms with Crippen LogP contribution in [0.2, 0.25) is 5.02 Å². The number of nitrogens with zero attached hydrogens (tertiary/aromatic N) is 1. The quantitative estimate of drug-likeness (QED) is 0.896. The van der Waals surface area contributed by atoms with E-state index in [1.807, 2.05) is 18.2 Å². The first-order valence-corrected chi connectivity index (χ1v) is 7.83. The first kappa shape index (κ1) is 13.8. The highest BCUT2D eigenvalue weighted by Crippen LogP contribution is 2.20. The van der Waals surface area contributed by atoms with Gasteiger partial charge < -0.3 is 5.32 Å². The van der Waals surface area contributed by atoms with Gasteiger partial charge in [0, 0.05) is 31.2 Å². The van der Waals surface area contributed by atoms with Crippen LogP contribution < -0.4 is 5.32 Å². The summed E-state index contributed by atoms with van der Waals surface area (Å²) < 4.78 is 26.1. The molecule has 6 heteroatoms. The second-order valence-corrected chi connectivity index (χ2v) is 7.24. The Labute approximate surface area is 113 Å². The summed E-state index contributed by atoms with van der Waals surface area (Å²) in [6, 6.07) is 7.35. The summed E-state index contributed by atoms with van der Waals surface area (Å²) in [5, 5.41) is 3.34. The van der Waals surface area contributed by atoms with Crippen LogP contribution >= 0.6 is 11.6 Å². The molecule has 1 atom stereocenters. The lowest BCUT2D eigenvalue weighted by molar-refractivity contribution is 0.413. The lowest BCUT2D eigenvalue weighted by Crippen LogP contribution is -2.37. The molecule has 0 aromatic heterocycles. The van der Waals surface area contributed by atoms with Crippen LogP contribution in [0.15, 0.2) is 24.3 Å². The average Bonchev–Trinajstić information content (AvgIpc) is 2.45. The van der Waals surface area contributed by atoms with Crippen molar-refractivity contribution in [2.45, 2.75) is 18.7 Å². The predicted molar refractivity (Wildman–Crippen MR) is 73.1 cm³/mol. The maximum Gasteiger partial charge on any atom is 0.218 e. The topological polar surface area (TPSA) is 49.4 Å². The van der Waals surface area contributed by atoms with Crippen molar-refractivity contribution in [1.29, 1.82) is 0 Å². The molecular weight excluding hydrogens is 272 g/mol. The van der Waals surface area contributed by atoms with E-state index in [9.17, 15) is 8.42 Å². The fourth-order valence-electron chi connectivity index (χ4n) is 1.98. The summed E-state index contributed by atoms with van der Waals surface area (Å²) in [5.74, 6) is 0. The van der Waals surface area contributed by atoms with Crippen LogP contribution in [0.4, 0.5) is 0 Å². The van der Waals surface area contributed by atoms with Crippen molar-refractivity contribution < 1.29 is 8.42 Å². The lowest BCUT2D eigenvalue weighted by atomic mass is 10.2. The number of nitrogens with one attached hydrogen (secondary N) is 1. The van der Waals surface area contributed by atoms with E-state index in [-0.39, 0.29) is 0 Å². The third kappa shape index (κ3) is 2.85. The van der Waals surface area contributed by atoms with Gasteiger partial charge in [0.2, 0.25) is 10.0 Å². The van der Waals surface area contributed by atoms with Crippen molar-refractivity contribution in [1.82, 2.24) is 9.62 Å². The number of sulfonamides is 1. The van der Waals surface area contributed by atoms with E-state index in [0.29, 0.717) is 31.2 Å². The van der Waals surface area contributed by atoms with E-state index in [1.165, 1.54) is 4.31 Å². The molecule has 1 aromatic rings. The van der Waals surface area contributed by atoms with Gasteiger partial charge in [-0.3, -0.25) is 0 Å². The van der Waals surface area contributed by atoms with Gasteiger partial charge in [0.15, 0.2) is 0 Å². The molecule has 1 heterocycles. The summed E-state index contributed by atoms with van der Waals surface area (Å²) in [6.45, 7) is 3.73. The summed E-state index contributed by atoms with van der Waals surface area (Å²) in [7, 11) is -3.24. The highest BCUT2D eigenvalue weighted by atomic mass is 35.5. The molecule has 0 aliphatic carbocycles. The zero-order valence-corrected chi connectivity index (χ0v) is 11.8. The summed E-state index contributed by atoms with van der Waals surface area (Å²) in [5.41, 5.74) is 0.844. The molecule has 4 nitrogen and oxygen atoms in total. The lowest BCUT2D eigenvalue weighted by Gasteiger charge is -2.22. The average molecular weight is 289 g/mol. The van der Waals surface area contributed by atoms with Gasteiger partial charge in [-0.1, -0.05) is 29.8 Å². The zero-order valence-electron chi connectivity index (χ0n) is 10.3. The van der Waals surface area contributed by atoms with Crippen molar-refractivity contribution >= 4 is 21.6 Å². The Morgan fingerprint density at radius 2 is 2.17 bits per heavy atom. The highest BCUT2D eigenvalue weighted by Gasteiger charge is 2.30. The predicted octanol–water partition coefficient (Wildman–Crippen LogP) is 1.46. The number of halogens is 1. The number of rotatable bonds is 2. The molecule has 100 valence electrons. The van der Waals surface area contributed by atoms with Crippen LogP contribution in [-0.2, 0) is 16.6 Å². The van der Waals surface area contributed by atoms with Gasteiger partial charge in [-0.05, 0) is 18.6 Å². The van der Waals surface area contributed by atoms with E-state index in [4.69, 9.17) is 11.6 Å². The van der Waals surface area contributed by atoms with Gasteiger partial charge in [-0.2, -0.15) is 4.31 Å². The standard InChI is InChI=1S/C12H17ClN2O2S/c1-10-8-14-6-7-15(18(10,16)17)9-11-4-2-3-5-12(11)13/h2-5,10,14H,6-9H2,1H3. The molecule has 2 rings (SSSR count).